The molecule has 0 heterocycles. The van der Waals surface area contributed by atoms with Crippen molar-refractivity contribution in [1.29, 1.82) is 0 Å². The van der Waals surface area contributed by atoms with Gasteiger partial charge in [-0.3, -0.25) is 14.9 Å². The molecular formula is C7H14NO4P. The van der Waals surface area contributed by atoms with Gasteiger partial charge in [0, 0.05) is 0 Å². The molecule has 3 N–H and O–H groups in total. The molecule has 1 rings (SSSR count). The third-order valence-electron chi connectivity index (χ3n) is 2.23. The highest BCUT2D eigenvalue weighted by Gasteiger charge is 2.33. The monoisotopic (exact) mass is 207 g/mol. The van der Waals surface area contributed by atoms with Gasteiger partial charge in [-0.05, 0) is 26.2 Å². The zero-order valence-corrected chi connectivity index (χ0v) is 8.37. The van der Waals surface area contributed by atoms with Gasteiger partial charge in [0.05, 0.1) is 0 Å². The van der Waals surface area contributed by atoms with E-state index in [2.05, 4.69) is 0 Å². The Bertz CT molecular complexity index is 245. The standard InChI is InChI=1S/C7H14NO4P/c1-5(13(8,10)11)7(9)12-6-3-2-4-6/h5-6H,2-4H2,1H3,(H3,8,10,11)/t5-/m0/s1. The van der Waals surface area contributed by atoms with E-state index in [0.717, 1.165) is 19.3 Å². The molecule has 1 fully saturated rings. The van der Waals surface area contributed by atoms with E-state index in [1.165, 1.54) is 6.92 Å². The molecule has 13 heavy (non-hydrogen) atoms. The Hall–Kier alpha value is -0.380. The normalized spacial score (nSPS) is 24.2. The van der Waals surface area contributed by atoms with Crippen LogP contribution in [-0.2, 0) is 14.1 Å². The van der Waals surface area contributed by atoms with E-state index in [-0.39, 0.29) is 6.10 Å². The molecule has 0 aliphatic heterocycles. The summed E-state index contributed by atoms with van der Waals surface area (Å²) in [6.45, 7) is 1.31. The molecule has 0 amide bonds. The smallest absolute Gasteiger partial charge is 0.320 e. The van der Waals surface area contributed by atoms with Crippen molar-refractivity contribution in [3.63, 3.8) is 0 Å². The van der Waals surface area contributed by atoms with Gasteiger partial charge in [0.1, 0.15) is 11.8 Å². The topological polar surface area (TPSA) is 89.6 Å². The zero-order chi connectivity index (χ0) is 10.1. The van der Waals surface area contributed by atoms with Crippen LogP contribution in [0.2, 0.25) is 0 Å². The molecule has 1 saturated carbocycles. The van der Waals surface area contributed by atoms with Gasteiger partial charge in [-0.15, -0.1) is 0 Å². The maximum Gasteiger partial charge on any atom is 0.320 e. The number of carbonyl (C=O) groups is 1. The third kappa shape index (κ3) is 2.79. The summed E-state index contributed by atoms with van der Waals surface area (Å²) in [7, 11) is -3.83. The molecule has 1 aliphatic rings. The Kier molecular flexibility index (Phi) is 3.11. The van der Waals surface area contributed by atoms with E-state index in [1.807, 2.05) is 0 Å². The Balaban J connectivity index is 2.42. The molecule has 0 saturated heterocycles. The van der Waals surface area contributed by atoms with Gasteiger partial charge in [0.15, 0.2) is 0 Å². The molecule has 6 heteroatoms. The molecule has 0 bridgehead atoms. The molecule has 1 unspecified atom stereocenters. The van der Waals surface area contributed by atoms with Crippen LogP contribution in [0.4, 0.5) is 0 Å². The highest BCUT2D eigenvalue weighted by molar-refractivity contribution is 7.57. The molecule has 0 aromatic heterocycles. The Morgan fingerprint density at radius 1 is 1.69 bits per heavy atom. The first-order chi connectivity index (χ1) is 5.91. The largest absolute Gasteiger partial charge is 0.462 e. The molecule has 0 spiro atoms. The number of esters is 1. The lowest BCUT2D eigenvalue weighted by molar-refractivity contribution is -0.152. The summed E-state index contributed by atoms with van der Waals surface area (Å²) in [6, 6.07) is 0. The zero-order valence-electron chi connectivity index (χ0n) is 7.47. The van der Waals surface area contributed by atoms with Gasteiger partial charge in [0.25, 0.3) is 7.52 Å². The first-order valence-electron chi connectivity index (χ1n) is 4.23. The molecule has 0 aromatic carbocycles. The summed E-state index contributed by atoms with van der Waals surface area (Å²) >= 11 is 0. The van der Waals surface area contributed by atoms with Crippen molar-refractivity contribution < 1.29 is 19.0 Å². The second-order valence-electron chi connectivity index (χ2n) is 3.34. The lowest BCUT2D eigenvalue weighted by Gasteiger charge is -2.26. The van der Waals surface area contributed by atoms with Crippen LogP contribution in [0, 0.1) is 0 Å². The van der Waals surface area contributed by atoms with E-state index < -0.39 is 19.1 Å². The molecule has 76 valence electrons. The van der Waals surface area contributed by atoms with E-state index in [0.29, 0.717) is 0 Å². The van der Waals surface area contributed by atoms with E-state index >= 15 is 0 Å². The lowest BCUT2D eigenvalue weighted by atomic mass is 9.96. The van der Waals surface area contributed by atoms with Crippen molar-refractivity contribution in [3.8, 4) is 0 Å². The number of nitrogens with two attached hydrogens (primary N) is 1. The average molecular weight is 207 g/mol. The van der Waals surface area contributed by atoms with Gasteiger partial charge in [-0.25, -0.2) is 0 Å². The summed E-state index contributed by atoms with van der Waals surface area (Å²) in [5, 5.41) is 0. The van der Waals surface area contributed by atoms with Gasteiger partial charge in [0.2, 0.25) is 0 Å². The van der Waals surface area contributed by atoms with Gasteiger partial charge in [-0.2, -0.15) is 0 Å². The maximum atomic E-state index is 11.2. The second-order valence-corrected chi connectivity index (χ2v) is 5.46. The van der Waals surface area contributed by atoms with Crippen LogP contribution in [-0.4, -0.2) is 22.6 Å². The average Bonchev–Trinajstić information content (AvgIpc) is 1.93. The van der Waals surface area contributed by atoms with Gasteiger partial charge in [-0.1, -0.05) is 0 Å². The fourth-order valence-corrected chi connectivity index (χ4v) is 1.27. The van der Waals surface area contributed by atoms with Crippen molar-refractivity contribution in [2.45, 2.75) is 37.9 Å². The Labute approximate surface area is 76.8 Å². The van der Waals surface area contributed by atoms with Crippen LogP contribution in [0.3, 0.4) is 0 Å². The predicted molar refractivity (Wildman–Crippen MR) is 47.2 cm³/mol. The van der Waals surface area contributed by atoms with Gasteiger partial charge >= 0.3 is 5.97 Å². The first kappa shape index (κ1) is 10.7. The van der Waals surface area contributed by atoms with E-state index in [4.69, 9.17) is 15.1 Å². The summed E-state index contributed by atoms with van der Waals surface area (Å²) < 4.78 is 15.8. The van der Waals surface area contributed by atoms with Crippen molar-refractivity contribution >= 4 is 13.5 Å². The number of ether oxygens (including phenoxy) is 1. The third-order valence-corrected chi connectivity index (χ3v) is 3.55. The minimum absolute atomic E-state index is 0.0681. The predicted octanol–water partition coefficient (Wildman–Crippen LogP) is 0.615. The minimum atomic E-state index is -3.83. The second kappa shape index (κ2) is 3.78. The number of carbonyl (C=O) groups excluding carboxylic acids is 1. The molecule has 0 aromatic rings. The van der Waals surface area contributed by atoms with Crippen LogP contribution in [0.15, 0.2) is 0 Å². The Morgan fingerprint density at radius 3 is 2.54 bits per heavy atom. The highest BCUT2D eigenvalue weighted by atomic mass is 31.2. The minimum Gasteiger partial charge on any atom is -0.462 e. The summed E-state index contributed by atoms with van der Waals surface area (Å²) in [6.07, 6.45) is 2.67. The van der Waals surface area contributed by atoms with Crippen LogP contribution >= 0.6 is 7.52 Å². The molecule has 2 atom stereocenters. The molecule has 5 nitrogen and oxygen atoms in total. The van der Waals surface area contributed by atoms with Crippen molar-refractivity contribution in [3.05, 3.63) is 0 Å². The fourth-order valence-electron chi connectivity index (χ4n) is 0.902. The van der Waals surface area contributed by atoms with E-state index in [9.17, 15) is 9.36 Å². The number of hydrogen-bond acceptors (Lipinski definition) is 3. The summed E-state index contributed by atoms with van der Waals surface area (Å²) in [5.74, 6) is -0.668. The highest BCUT2D eigenvalue weighted by Crippen LogP contribution is 2.38. The van der Waals surface area contributed by atoms with Crippen LogP contribution in [0.5, 0.6) is 0 Å². The SMILES string of the molecule is C[C@@H](C(=O)OC1CCC1)P(N)(=O)O. The molecule has 0 radical (unpaired) electrons. The van der Waals surface area contributed by atoms with Crippen LogP contribution < -0.4 is 5.50 Å². The van der Waals surface area contributed by atoms with Crippen molar-refractivity contribution in [2.75, 3.05) is 0 Å². The van der Waals surface area contributed by atoms with Crippen molar-refractivity contribution in [1.82, 2.24) is 0 Å². The lowest BCUT2D eigenvalue weighted by Crippen LogP contribution is -2.31. The number of hydrogen-bond donors (Lipinski definition) is 2. The summed E-state index contributed by atoms with van der Waals surface area (Å²) in [4.78, 5) is 20.1. The van der Waals surface area contributed by atoms with Crippen LogP contribution in [0.25, 0.3) is 0 Å². The maximum absolute atomic E-state index is 11.2. The van der Waals surface area contributed by atoms with Crippen molar-refractivity contribution in [2.24, 2.45) is 5.50 Å². The van der Waals surface area contributed by atoms with Gasteiger partial charge < -0.3 is 9.63 Å². The van der Waals surface area contributed by atoms with Crippen LogP contribution in [0.1, 0.15) is 26.2 Å². The first-order valence-corrected chi connectivity index (χ1v) is 6.02. The quantitative estimate of drug-likeness (QED) is 0.522. The molecule has 1 aliphatic carbocycles. The fraction of sp³-hybridized carbons (Fsp3) is 0.857. The van der Waals surface area contributed by atoms with E-state index in [1.54, 1.807) is 0 Å². The number of rotatable bonds is 3. The molecular weight excluding hydrogens is 193 g/mol. The summed E-state index contributed by atoms with van der Waals surface area (Å²) in [5.41, 5.74) is 3.81. The Morgan fingerprint density at radius 2 is 2.23 bits per heavy atom.